The molecule has 0 radical (unpaired) electrons. The molecule has 0 amide bonds. The number of halogens is 1. The molecule has 1 aromatic heterocycles. The molecule has 6 nitrogen and oxygen atoms in total. The summed E-state index contributed by atoms with van der Waals surface area (Å²) in [6.45, 7) is 5.59. The smallest absolute Gasteiger partial charge is 0.228 e. The molecule has 7 heteroatoms. The van der Waals surface area contributed by atoms with E-state index in [2.05, 4.69) is 20.4 Å². The molecule has 1 heterocycles. The summed E-state index contributed by atoms with van der Waals surface area (Å²) in [4.78, 5) is 8.63. The maximum atomic E-state index is 5.79. The van der Waals surface area contributed by atoms with Crippen LogP contribution in [0.4, 0.5) is 0 Å². The number of hydrogen-bond acceptors (Lipinski definition) is 4. The van der Waals surface area contributed by atoms with Gasteiger partial charge in [0.1, 0.15) is 0 Å². The topological polar surface area (TPSA) is 89.3 Å². The Balaban J connectivity index is 0.00000200. The molecule has 0 aliphatic heterocycles. The van der Waals surface area contributed by atoms with Gasteiger partial charge < -0.3 is 15.6 Å². The lowest BCUT2D eigenvalue weighted by molar-refractivity contribution is 0.326. The first kappa shape index (κ1) is 17.2. The Bertz CT molecular complexity index is 428. The first-order valence-electron chi connectivity index (χ1n) is 7.01. The van der Waals surface area contributed by atoms with Crippen molar-refractivity contribution in [1.29, 1.82) is 0 Å². The van der Waals surface area contributed by atoms with Gasteiger partial charge in [0.05, 0.1) is 0 Å². The van der Waals surface area contributed by atoms with E-state index in [1.807, 2.05) is 13.8 Å². The fourth-order valence-electron chi connectivity index (χ4n) is 1.86. The van der Waals surface area contributed by atoms with Crippen LogP contribution >= 0.6 is 24.0 Å². The predicted molar refractivity (Wildman–Crippen MR) is 89.3 cm³/mol. The zero-order valence-electron chi connectivity index (χ0n) is 12.1. The van der Waals surface area contributed by atoms with Crippen LogP contribution in [0.15, 0.2) is 9.52 Å². The average Bonchev–Trinajstić information content (AvgIpc) is 2.76. The Morgan fingerprint density at radius 1 is 1.50 bits per heavy atom. The van der Waals surface area contributed by atoms with Gasteiger partial charge >= 0.3 is 0 Å². The van der Waals surface area contributed by atoms with Crippen LogP contribution in [0.1, 0.15) is 50.7 Å². The molecular formula is C13H24IN5O. The molecule has 0 atom stereocenters. The third kappa shape index (κ3) is 5.26. The highest BCUT2D eigenvalue weighted by Gasteiger charge is 2.16. The standard InChI is InChI=1S/C13H23N5O.HI/c1-9(2)12-17-11(19-18-12)6-7-15-13(14)16-8-10-4-3-5-10;/h9-10H,3-8H2,1-2H3,(H3,14,15,16);1H. The van der Waals surface area contributed by atoms with Gasteiger partial charge in [0.15, 0.2) is 11.8 Å². The number of aliphatic imine (C=N–C) groups is 1. The van der Waals surface area contributed by atoms with Crippen molar-refractivity contribution in [2.45, 2.75) is 45.4 Å². The molecule has 1 aliphatic carbocycles. The van der Waals surface area contributed by atoms with E-state index in [-0.39, 0.29) is 24.0 Å². The van der Waals surface area contributed by atoms with Crippen LogP contribution in [0.3, 0.4) is 0 Å². The normalized spacial score (nSPS) is 15.8. The largest absolute Gasteiger partial charge is 0.370 e. The quantitative estimate of drug-likeness (QED) is 0.439. The van der Waals surface area contributed by atoms with Crippen molar-refractivity contribution in [2.75, 3.05) is 13.1 Å². The summed E-state index contributed by atoms with van der Waals surface area (Å²) in [6, 6.07) is 0. The van der Waals surface area contributed by atoms with E-state index in [0.717, 1.165) is 18.3 Å². The molecule has 20 heavy (non-hydrogen) atoms. The molecule has 1 fully saturated rings. The first-order chi connectivity index (χ1) is 9.15. The summed E-state index contributed by atoms with van der Waals surface area (Å²) < 4.78 is 5.15. The van der Waals surface area contributed by atoms with Gasteiger partial charge in [-0.1, -0.05) is 25.4 Å². The van der Waals surface area contributed by atoms with Crippen LogP contribution < -0.4 is 11.1 Å². The Morgan fingerprint density at radius 3 is 2.80 bits per heavy atom. The summed E-state index contributed by atoms with van der Waals surface area (Å²) in [5, 5.41) is 6.99. The Hall–Kier alpha value is -0.860. The van der Waals surface area contributed by atoms with Crippen molar-refractivity contribution in [3.8, 4) is 0 Å². The highest BCUT2D eigenvalue weighted by atomic mass is 127. The maximum absolute atomic E-state index is 5.79. The van der Waals surface area contributed by atoms with Crippen molar-refractivity contribution in [3.05, 3.63) is 11.7 Å². The number of aromatic nitrogens is 2. The monoisotopic (exact) mass is 393 g/mol. The van der Waals surface area contributed by atoms with E-state index in [0.29, 0.717) is 30.7 Å². The van der Waals surface area contributed by atoms with Gasteiger partial charge in [-0.2, -0.15) is 4.98 Å². The third-order valence-electron chi connectivity index (χ3n) is 3.39. The molecule has 0 bridgehead atoms. The van der Waals surface area contributed by atoms with Crippen LogP contribution in [0, 0.1) is 5.92 Å². The van der Waals surface area contributed by atoms with Gasteiger partial charge in [0.25, 0.3) is 0 Å². The van der Waals surface area contributed by atoms with Gasteiger partial charge in [0.2, 0.25) is 5.89 Å². The molecule has 1 saturated carbocycles. The molecule has 0 spiro atoms. The third-order valence-corrected chi connectivity index (χ3v) is 3.39. The number of nitrogens with two attached hydrogens (primary N) is 1. The molecule has 0 saturated heterocycles. The fraction of sp³-hybridized carbons (Fsp3) is 0.769. The van der Waals surface area contributed by atoms with Crippen LogP contribution in [-0.2, 0) is 6.42 Å². The lowest BCUT2D eigenvalue weighted by Gasteiger charge is -2.23. The zero-order valence-corrected chi connectivity index (χ0v) is 14.5. The second-order valence-corrected chi connectivity index (χ2v) is 5.40. The molecule has 0 aromatic carbocycles. The summed E-state index contributed by atoms with van der Waals surface area (Å²) in [5.74, 6) is 2.93. The minimum Gasteiger partial charge on any atom is -0.370 e. The lowest BCUT2D eigenvalue weighted by atomic mass is 9.86. The summed E-state index contributed by atoms with van der Waals surface area (Å²) >= 11 is 0. The van der Waals surface area contributed by atoms with E-state index in [9.17, 15) is 0 Å². The van der Waals surface area contributed by atoms with Gasteiger partial charge in [-0.3, -0.25) is 4.99 Å². The molecule has 1 aromatic rings. The Labute approximate surface area is 137 Å². The Kier molecular flexibility index (Phi) is 7.25. The van der Waals surface area contributed by atoms with Crippen LogP contribution in [0.2, 0.25) is 0 Å². The van der Waals surface area contributed by atoms with Gasteiger partial charge in [-0.25, -0.2) is 0 Å². The van der Waals surface area contributed by atoms with Crippen molar-refractivity contribution < 1.29 is 4.52 Å². The number of guanidine groups is 1. The minimum absolute atomic E-state index is 0. The zero-order chi connectivity index (χ0) is 13.7. The van der Waals surface area contributed by atoms with Gasteiger partial charge in [0, 0.05) is 25.4 Å². The van der Waals surface area contributed by atoms with Crippen molar-refractivity contribution in [1.82, 2.24) is 15.5 Å². The number of rotatable bonds is 6. The number of hydrogen-bond donors (Lipinski definition) is 2. The minimum atomic E-state index is 0. The second-order valence-electron chi connectivity index (χ2n) is 5.40. The molecular weight excluding hydrogens is 369 g/mol. The van der Waals surface area contributed by atoms with Gasteiger partial charge in [-0.15, -0.1) is 24.0 Å². The van der Waals surface area contributed by atoms with Crippen molar-refractivity contribution in [2.24, 2.45) is 16.6 Å². The van der Waals surface area contributed by atoms with E-state index in [1.54, 1.807) is 0 Å². The highest BCUT2D eigenvalue weighted by molar-refractivity contribution is 14.0. The van der Waals surface area contributed by atoms with Crippen LogP contribution in [-0.4, -0.2) is 29.2 Å². The van der Waals surface area contributed by atoms with Gasteiger partial charge in [-0.05, 0) is 18.8 Å². The first-order valence-corrected chi connectivity index (χ1v) is 7.01. The number of nitrogens with zero attached hydrogens (tertiary/aromatic N) is 3. The summed E-state index contributed by atoms with van der Waals surface area (Å²) in [5.41, 5.74) is 5.79. The number of nitrogens with one attached hydrogen (secondary N) is 1. The molecule has 0 unspecified atom stereocenters. The fourth-order valence-corrected chi connectivity index (χ4v) is 1.86. The van der Waals surface area contributed by atoms with Crippen LogP contribution in [0.25, 0.3) is 0 Å². The van der Waals surface area contributed by atoms with E-state index < -0.39 is 0 Å². The average molecular weight is 393 g/mol. The predicted octanol–water partition coefficient (Wildman–Crippen LogP) is 2.06. The SMILES string of the molecule is CC(C)c1noc(CCNC(N)=NCC2CCC2)n1.I. The van der Waals surface area contributed by atoms with E-state index >= 15 is 0 Å². The molecule has 2 rings (SSSR count). The highest BCUT2D eigenvalue weighted by Crippen LogP contribution is 2.26. The molecule has 114 valence electrons. The van der Waals surface area contributed by atoms with E-state index in [1.165, 1.54) is 19.3 Å². The van der Waals surface area contributed by atoms with Crippen LogP contribution in [0.5, 0.6) is 0 Å². The Morgan fingerprint density at radius 2 is 2.25 bits per heavy atom. The second kappa shape index (κ2) is 8.43. The van der Waals surface area contributed by atoms with Crippen molar-refractivity contribution in [3.63, 3.8) is 0 Å². The summed E-state index contributed by atoms with van der Waals surface area (Å²) in [6.07, 6.45) is 4.58. The molecule has 1 aliphatic rings. The van der Waals surface area contributed by atoms with Crippen molar-refractivity contribution >= 4 is 29.9 Å². The molecule has 3 N–H and O–H groups in total. The lowest BCUT2D eigenvalue weighted by Crippen LogP contribution is -2.34. The maximum Gasteiger partial charge on any atom is 0.228 e. The van der Waals surface area contributed by atoms with E-state index in [4.69, 9.17) is 10.3 Å². The summed E-state index contributed by atoms with van der Waals surface area (Å²) in [7, 11) is 0.